The van der Waals surface area contributed by atoms with E-state index < -0.39 is 87.3 Å². The predicted molar refractivity (Wildman–Crippen MR) is 220 cm³/mol. The van der Waals surface area contributed by atoms with Gasteiger partial charge in [-0.2, -0.15) is 26.3 Å². The molecule has 6 aromatic carbocycles. The second-order valence-electron chi connectivity index (χ2n) is 13.9. The normalized spacial score (nSPS) is 14.0. The molecular formula is C45H22BrClF6N2O8. The van der Waals surface area contributed by atoms with Crippen molar-refractivity contribution < 1.29 is 64.6 Å². The van der Waals surface area contributed by atoms with Crippen LogP contribution in [0.25, 0.3) is 21.5 Å². The van der Waals surface area contributed by atoms with Crippen LogP contribution >= 0.6 is 27.5 Å². The van der Waals surface area contributed by atoms with E-state index in [1.54, 1.807) is 6.07 Å². The summed E-state index contributed by atoms with van der Waals surface area (Å²) in [6.07, 6.45) is -11.5. The van der Waals surface area contributed by atoms with Gasteiger partial charge < -0.3 is 9.47 Å². The average molecular weight is 948 g/mol. The van der Waals surface area contributed by atoms with Crippen LogP contribution in [0.3, 0.4) is 0 Å². The fourth-order valence-corrected chi connectivity index (χ4v) is 8.55. The van der Waals surface area contributed by atoms with Crippen molar-refractivity contribution in [1.29, 1.82) is 0 Å². The number of benzene rings is 6. The van der Waals surface area contributed by atoms with Gasteiger partial charge in [-0.15, -0.1) is 0 Å². The zero-order valence-electron chi connectivity index (χ0n) is 31.5. The lowest BCUT2D eigenvalue weighted by molar-refractivity contribution is -0.288. The first-order chi connectivity index (χ1) is 29.8. The highest BCUT2D eigenvalue weighted by Crippen LogP contribution is 2.58. The van der Waals surface area contributed by atoms with Crippen molar-refractivity contribution in [2.45, 2.75) is 17.8 Å². The highest BCUT2D eigenvalue weighted by molar-refractivity contribution is 9.10. The molecule has 2 heterocycles. The minimum Gasteiger partial charge on any atom is -0.421 e. The summed E-state index contributed by atoms with van der Waals surface area (Å²) in [5.74, 6) is -8.97. The van der Waals surface area contributed by atoms with Gasteiger partial charge in [-0.3, -0.25) is 19.2 Å². The molecule has 0 aliphatic carbocycles. The van der Waals surface area contributed by atoms with Crippen LogP contribution in [0.15, 0.2) is 127 Å². The Morgan fingerprint density at radius 3 is 1.40 bits per heavy atom. The Hall–Kier alpha value is -7.11. The maximum absolute atomic E-state index is 16.0. The van der Waals surface area contributed by atoms with Crippen molar-refractivity contribution in [2.24, 2.45) is 0 Å². The molecule has 316 valence electrons. The smallest absolute Gasteiger partial charge is 0.411 e. The summed E-state index contributed by atoms with van der Waals surface area (Å²) in [6.45, 7) is 6.50. The number of rotatable bonds is 8. The van der Waals surface area contributed by atoms with Gasteiger partial charge in [-0.1, -0.05) is 77.1 Å². The number of imide groups is 2. The Morgan fingerprint density at radius 2 is 0.968 bits per heavy atom. The zero-order valence-corrected chi connectivity index (χ0v) is 33.8. The van der Waals surface area contributed by atoms with E-state index in [0.717, 1.165) is 0 Å². The summed E-state index contributed by atoms with van der Waals surface area (Å²) in [6, 6.07) is 15.8. The molecule has 63 heavy (non-hydrogen) atoms. The third-order valence-electron chi connectivity index (χ3n) is 10.6. The van der Waals surface area contributed by atoms with Crippen LogP contribution in [0.5, 0.6) is 11.5 Å². The van der Waals surface area contributed by atoms with Gasteiger partial charge in [0, 0.05) is 60.1 Å². The first-order valence-corrected chi connectivity index (χ1v) is 19.2. The third-order valence-corrected chi connectivity index (χ3v) is 11.6. The molecule has 6 aromatic rings. The fraction of sp³-hybridized carbons (Fsp3) is 0.0667. The summed E-state index contributed by atoms with van der Waals surface area (Å²) >= 11 is 9.66. The minimum absolute atomic E-state index is 0.0510. The zero-order chi connectivity index (χ0) is 45.5. The molecule has 0 N–H and O–H groups in total. The minimum atomic E-state index is -6.37. The second kappa shape index (κ2) is 15.1. The van der Waals surface area contributed by atoms with Gasteiger partial charge in [-0.05, 0) is 77.2 Å². The summed E-state index contributed by atoms with van der Waals surface area (Å²) in [5.41, 5.74) is -11.3. The van der Waals surface area contributed by atoms with E-state index in [2.05, 4.69) is 29.1 Å². The van der Waals surface area contributed by atoms with Crippen LogP contribution in [-0.4, -0.2) is 47.9 Å². The van der Waals surface area contributed by atoms with E-state index in [1.165, 1.54) is 54.6 Å². The number of carbonyl (C=O) groups excluding carboxylic acids is 6. The lowest BCUT2D eigenvalue weighted by Crippen LogP contribution is -2.55. The molecule has 2 aliphatic rings. The molecule has 10 nitrogen and oxygen atoms in total. The van der Waals surface area contributed by atoms with Crippen LogP contribution in [0.2, 0.25) is 5.02 Å². The van der Waals surface area contributed by atoms with E-state index >= 15 is 26.3 Å². The van der Waals surface area contributed by atoms with Gasteiger partial charge in [0.05, 0.1) is 11.4 Å². The maximum atomic E-state index is 16.0. The average Bonchev–Trinajstić information content (AvgIpc) is 3.23. The fourth-order valence-electron chi connectivity index (χ4n) is 7.86. The lowest BCUT2D eigenvalue weighted by Gasteiger charge is -2.39. The van der Waals surface area contributed by atoms with Crippen molar-refractivity contribution >= 4 is 96.0 Å². The molecule has 0 fully saturated rings. The Kier molecular flexibility index (Phi) is 10.2. The Labute approximate surface area is 363 Å². The van der Waals surface area contributed by atoms with Crippen LogP contribution in [0, 0.1) is 0 Å². The Bertz CT molecular complexity index is 2860. The van der Waals surface area contributed by atoms with Gasteiger partial charge in [-0.25, -0.2) is 19.4 Å². The van der Waals surface area contributed by atoms with Crippen molar-refractivity contribution in [1.82, 2.24) is 0 Å². The first kappa shape index (κ1) is 42.6. The molecular weight excluding hydrogens is 926 g/mol. The summed E-state index contributed by atoms with van der Waals surface area (Å²) < 4.78 is 107. The van der Waals surface area contributed by atoms with E-state index in [-0.39, 0.29) is 65.4 Å². The van der Waals surface area contributed by atoms with Gasteiger partial charge in [0.2, 0.25) is 5.41 Å². The predicted octanol–water partition coefficient (Wildman–Crippen LogP) is 10.6. The highest BCUT2D eigenvalue weighted by Gasteiger charge is 2.73. The first-order valence-electron chi connectivity index (χ1n) is 18.1. The van der Waals surface area contributed by atoms with E-state index in [0.29, 0.717) is 46.3 Å². The summed E-state index contributed by atoms with van der Waals surface area (Å²) in [7, 11) is 0. The molecule has 18 heteroatoms. The van der Waals surface area contributed by atoms with Gasteiger partial charge in [0.1, 0.15) is 0 Å². The van der Waals surface area contributed by atoms with Crippen LogP contribution in [0.4, 0.5) is 37.7 Å². The number of anilines is 2. The van der Waals surface area contributed by atoms with Crippen molar-refractivity contribution in [3.63, 3.8) is 0 Å². The van der Waals surface area contributed by atoms with E-state index in [1.807, 2.05) is 0 Å². The molecule has 0 saturated heterocycles. The second-order valence-corrected chi connectivity index (χ2v) is 15.2. The number of amides is 4. The van der Waals surface area contributed by atoms with Crippen LogP contribution in [0.1, 0.15) is 52.6 Å². The molecule has 0 atom stereocenters. The molecule has 0 bridgehead atoms. The largest absolute Gasteiger partial charge is 0.421 e. The SMILES string of the molecule is C=CC(=O)Oc1ccc(C(c2ccc(OC(=O)C=C)c(N3C(=O)c4cccc5c(Br)ccc(c45)C3=O)c2)(C(F)(F)F)C(F)(F)F)cc1N1C(=O)c2cccc3c(Cl)ccc(c23)C1=O. The van der Waals surface area contributed by atoms with Crippen LogP contribution < -0.4 is 19.3 Å². The number of hydrogen-bond donors (Lipinski definition) is 0. The standard InChI is InChI=1S/C45H22BrClF6N2O8/c1-3-35(56)62-33-17-11-21(19-31(33)54-39(58)25-9-5-7-23-29(46)15-13-27(37(23)25)41(54)60)43(44(48,49)50,45(51,52)53)22-12-18-34(63-36(57)4-2)32(20-22)55-40(59)26-10-6-8-24-30(47)16-14-28(38(24)26)42(55)61/h3-20H,1-2H2. The van der Waals surface area contributed by atoms with Gasteiger partial charge >= 0.3 is 24.3 Å². The number of nitrogens with zero attached hydrogens (tertiary/aromatic N) is 2. The molecule has 0 aromatic heterocycles. The number of esters is 2. The molecule has 2 aliphatic heterocycles. The number of halogens is 8. The molecule has 0 saturated carbocycles. The van der Waals surface area contributed by atoms with E-state index in [4.69, 9.17) is 21.1 Å². The highest BCUT2D eigenvalue weighted by atomic mass is 79.9. The van der Waals surface area contributed by atoms with Gasteiger partial charge in [0.25, 0.3) is 23.6 Å². The van der Waals surface area contributed by atoms with Crippen molar-refractivity contribution in [3.05, 3.63) is 165 Å². The Morgan fingerprint density at radius 1 is 0.571 bits per heavy atom. The number of hydrogen-bond acceptors (Lipinski definition) is 8. The van der Waals surface area contributed by atoms with Crippen molar-refractivity contribution in [3.8, 4) is 11.5 Å². The maximum Gasteiger partial charge on any atom is 0.411 e. The molecule has 0 unspecified atom stereocenters. The summed E-state index contributed by atoms with van der Waals surface area (Å²) in [5, 5.41) is 0.936. The quantitative estimate of drug-likeness (QED) is 0.0485. The lowest BCUT2D eigenvalue weighted by atomic mass is 9.72. The topological polar surface area (TPSA) is 127 Å². The number of ether oxygens (including phenoxy) is 2. The Balaban J connectivity index is 1.40. The molecule has 0 radical (unpaired) electrons. The third kappa shape index (κ3) is 6.40. The van der Waals surface area contributed by atoms with Gasteiger partial charge in [0.15, 0.2) is 11.5 Å². The summed E-state index contributed by atoms with van der Waals surface area (Å²) in [4.78, 5) is 82.4. The monoisotopic (exact) mass is 946 g/mol. The van der Waals surface area contributed by atoms with E-state index in [9.17, 15) is 28.8 Å². The molecule has 8 rings (SSSR count). The van der Waals surface area contributed by atoms with Crippen LogP contribution in [-0.2, 0) is 15.0 Å². The molecule has 0 spiro atoms. The van der Waals surface area contributed by atoms with Crippen molar-refractivity contribution in [2.75, 3.05) is 9.80 Å². The number of carbonyl (C=O) groups is 6. The molecule has 4 amide bonds. The number of alkyl halides is 6.